The van der Waals surface area contributed by atoms with Crippen molar-refractivity contribution in [2.75, 3.05) is 19.6 Å². The summed E-state index contributed by atoms with van der Waals surface area (Å²) in [7, 11) is 0. The maximum Gasteiger partial charge on any atom is 0.0237 e. The molecule has 0 bridgehead atoms. The normalized spacial score (nSPS) is 21.5. The monoisotopic (exact) mass is 304 g/mol. The first-order chi connectivity index (χ1) is 7.25. The summed E-state index contributed by atoms with van der Waals surface area (Å²) in [5.41, 5.74) is 1.40. The summed E-state index contributed by atoms with van der Waals surface area (Å²) in [5, 5.41) is 3.41. The number of nitrogens with one attached hydrogen (secondary N) is 1. The average molecular weight is 306 g/mol. The summed E-state index contributed by atoms with van der Waals surface area (Å²) >= 11 is 3.46. The second-order valence-corrected chi connectivity index (χ2v) is 5.07. The number of halogens is 2. The van der Waals surface area contributed by atoms with Gasteiger partial charge in [-0.15, -0.1) is 12.4 Å². The number of piperazine rings is 1. The van der Waals surface area contributed by atoms with Crippen molar-refractivity contribution < 1.29 is 0 Å². The summed E-state index contributed by atoms with van der Waals surface area (Å²) in [6, 6.07) is 9.25. The average Bonchev–Trinajstić information content (AvgIpc) is 2.25. The molecule has 1 unspecified atom stereocenters. The van der Waals surface area contributed by atoms with Gasteiger partial charge >= 0.3 is 0 Å². The number of hydrogen-bond donors (Lipinski definition) is 1. The maximum atomic E-state index is 3.46. The van der Waals surface area contributed by atoms with E-state index in [1.54, 1.807) is 0 Å². The molecule has 16 heavy (non-hydrogen) atoms. The molecule has 1 heterocycles. The Morgan fingerprint density at radius 2 is 2.06 bits per heavy atom. The lowest BCUT2D eigenvalue weighted by Crippen LogP contribution is -2.49. The highest BCUT2D eigenvalue weighted by atomic mass is 79.9. The van der Waals surface area contributed by atoms with Gasteiger partial charge in [-0.05, 0) is 24.6 Å². The molecule has 0 saturated carbocycles. The predicted molar refractivity (Wildman–Crippen MR) is 74.1 cm³/mol. The molecule has 1 N–H and O–H groups in total. The Kier molecular flexibility index (Phi) is 5.76. The van der Waals surface area contributed by atoms with Crippen LogP contribution in [0.1, 0.15) is 12.5 Å². The van der Waals surface area contributed by atoms with E-state index in [-0.39, 0.29) is 12.4 Å². The molecule has 90 valence electrons. The van der Waals surface area contributed by atoms with Gasteiger partial charge in [-0.1, -0.05) is 28.1 Å². The van der Waals surface area contributed by atoms with Gasteiger partial charge in [0.05, 0.1) is 0 Å². The molecule has 4 heteroatoms. The van der Waals surface area contributed by atoms with E-state index in [1.165, 1.54) is 5.56 Å². The molecule has 1 atom stereocenters. The van der Waals surface area contributed by atoms with Crippen LogP contribution >= 0.6 is 28.3 Å². The third-order valence-electron chi connectivity index (χ3n) is 2.94. The van der Waals surface area contributed by atoms with Crippen LogP contribution in [-0.4, -0.2) is 30.6 Å². The highest BCUT2D eigenvalue weighted by Crippen LogP contribution is 2.14. The van der Waals surface area contributed by atoms with Crippen LogP contribution in [0.5, 0.6) is 0 Å². The van der Waals surface area contributed by atoms with Crippen LogP contribution < -0.4 is 5.32 Å². The Morgan fingerprint density at radius 3 is 2.69 bits per heavy atom. The lowest BCUT2D eigenvalue weighted by Gasteiger charge is -2.33. The Morgan fingerprint density at radius 1 is 1.38 bits per heavy atom. The van der Waals surface area contributed by atoms with Gasteiger partial charge in [0.2, 0.25) is 0 Å². The first kappa shape index (κ1) is 14.0. The van der Waals surface area contributed by atoms with Crippen LogP contribution in [0.15, 0.2) is 28.7 Å². The topological polar surface area (TPSA) is 15.3 Å². The molecule has 1 saturated heterocycles. The maximum absolute atomic E-state index is 3.46. The van der Waals surface area contributed by atoms with Crippen molar-refractivity contribution in [3.05, 3.63) is 34.3 Å². The summed E-state index contributed by atoms with van der Waals surface area (Å²) in [5.74, 6) is 0. The summed E-state index contributed by atoms with van der Waals surface area (Å²) < 4.78 is 1.15. The van der Waals surface area contributed by atoms with E-state index in [0.29, 0.717) is 6.04 Å². The van der Waals surface area contributed by atoms with Crippen LogP contribution in [0.2, 0.25) is 0 Å². The Bertz CT molecular complexity index is 315. The van der Waals surface area contributed by atoms with E-state index < -0.39 is 0 Å². The molecule has 0 aliphatic carbocycles. The first-order valence-electron chi connectivity index (χ1n) is 5.45. The number of nitrogens with zero attached hydrogens (tertiary/aromatic N) is 1. The van der Waals surface area contributed by atoms with E-state index >= 15 is 0 Å². The van der Waals surface area contributed by atoms with Gasteiger partial charge in [-0.2, -0.15) is 0 Å². The molecule has 0 radical (unpaired) electrons. The zero-order chi connectivity index (χ0) is 10.7. The third-order valence-corrected chi connectivity index (χ3v) is 3.47. The molecular weight excluding hydrogens is 288 g/mol. The summed E-state index contributed by atoms with van der Waals surface area (Å²) in [6.07, 6.45) is 0. The van der Waals surface area contributed by atoms with Gasteiger partial charge in [0.25, 0.3) is 0 Å². The Hall–Kier alpha value is -0.0900. The van der Waals surface area contributed by atoms with E-state index in [2.05, 4.69) is 57.3 Å². The zero-order valence-electron chi connectivity index (χ0n) is 9.45. The fourth-order valence-electron chi connectivity index (χ4n) is 1.94. The van der Waals surface area contributed by atoms with Crippen molar-refractivity contribution in [2.45, 2.75) is 19.5 Å². The zero-order valence-corrected chi connectivity index (χ0v) is 11.9. The van der Waals surface area contributed by atoms with Gasteiger partial charge in [-0.25, -0.2) is 0 Å². The number of benzene rings is 1. The summed E-state index contributed by atoms with van der Waals surface area (Å²) in [4.78, 5) is 2.53. The molecule has 2 nitrogen and oxygen atoms in total. The summed E-state index contributed by atoms with van der Waals surface area (Å²) in [6.45, 7) is 6.72. The minimum Gasteiger partial charge on any atom is -0.314 e. The highest BCUT2D eigenvalue weighted by Gasteiger charge is 2.17. The fourth-order valence-corrected chi connectivity index (χ4v) is 2.21. The Labute approximate surface area is 112 Å². The minimum atomic E-state index is 0. The lowest BCUT2D eigenvalue weighted by molar-refractivity contribution is 0.165. The molecule has 2 rings (SSSR count). The van der Waals surface area contributed by atoms with E-state index in [1.807, 2.05) is 0 Å². The highest BCUT2D eigenvalue weighted by molar-refractivity contribution is 9.10. The first-order valence-corrected chi connectivity index (χ1v) is 6.24. The van der Waals surface area contributed by atoms with Crippen molar-refractivity contribution in [1.29, 1.82) is 0 Å². The molecule has 1 aromatic rings. The van der Waals surface area contributed by atoms with Crippen LogP contribution in [0.4, 0.5) is 0 Å². The largest absolute Gasteiger partial charge is 0.314 e. The van der Waals surface area contributed by atoms with E-state index in [9.17, 15) is 0 Å². The van der Waals surface area contributed by atoms with Crippen LogP contribution in [0, 0.1) is 0 Å². The van der Waals surface area contributed by atoms with Crippen LogP contribution in [-0.2, 0) is 6.54 Å². The van der Waals surface area contributed by atoms with Gasteiger partial charge < -0.3 is 5.32 Å². The van der Waals surface area contributed by atoms with Crippen LogP contribution in [0.3, 0.4) is 0 Å². The van der Waals surface area contributed by atoms with E-state index in [4.69, 9.17) is 0 Å². The molecule has 0 amide bonds. The molecule has 1 aliphatic heterocycles. The van der Waals surface area contributed by atoms with E-state index in [0.717, 1.165) is 30.7 Å². The fraction of sp³-hybridized carbons (Fsp3) is 0.500. The SMILES string of the molecule is CC1CNCCN1Cc1ccc(Br)cc1.Cl. The lowest BCUT2D eigenvalue weighted by atomic mass is 10.1. The minimum absolute atomic E-state index is 0. The molecule has 1 fully saturated rings. The standard InChI is InChI=1S/C12H17BrN2.ClH/c1-10-8-14-6-7-15(10)9-11-2-4-12(13)5-3-11;/h2-5,10,14H,6-9H2,1H3;1H. The second-order valence-electron chi connectivity index (χ2n) is 4.15. The number of hydrogen-bond acceptors (Lipinski definition) is 2. The van der Waals surface area contributed by atoms with Crippen molar-refractivity contribution in [3.8, 4) is 0 Å². The van der Waals surface area contributed by atoms with Crippen molar-refractivity contribution in [1.82, 2.24) is 10.2 Å². The molecule has 0 spiro atoms. The quantitative estimate of drug-likeness (QED) is 0.904. The van der Waals surface area contributed by atoms with Crippen molar-refractivity contribution in [3.63, 3.8) is 0 Å². The predicted octanol–water partition coefficient (Wildman–Crippen LogP) is 2.66. The molecule has 0 aromatic heterocycles. The molecular formula is C12H18BrClN2. The second kappa shape index (κ2) is 6.60. The van der Waals surface area contributed by atoms with Gasteiger partial charge in [0.15, 0.2) is 0 Å². The number of rotatable bonds is 2. The van der Waals surface area contributed by atoms with Gasteiger partial charge in [0.1, 0.15) is 0 Å². The van der Waals surface area contributed by atoms with Gasteiger partial charge in [0, 0.05) is 36.7 Å². The Balaban J connectivity index is 0.00000128. The molecule has 1 aliphatic rings. The van der Waals surface area contributed by atoms with Gasteiger partial charge in [-0.3, -0.25) is 4.90 Å². The third kappa shape index (κ3) is 3.74. The van der Waals surface area contributed by atoms with Crippen molar-refractivity contribution >= 4 is 28.3 Å². The molecule has 1 aromatic carbocycles. The van der Waals surface area contributed by atoms with Crippen LogP contribution in [0.25, 0.3) is 0 Å². The van der Waals surface area contributed by atoms with Crippen molar-refractivity contribution in [2.24, 2.45) is 0 Å². The smallest absolute Gasteiger partial charge is 0.0237 e.